The molecule has 1 amide bonds. The van der Waals surface area contributed by atoms with Crippen LogP contribution < -0.4 is 0 Å². The van der Waals surface area contributed by atoms with Crippen molar-refractivity contribution in [2.24, 2.45) is 0 Å². The summed E-state index contributed by atoms with van der Waals surface area (Å²) in [6, 6.07) is 6.30. The molecule has 0 saturated heterocycles. The fourth-order valence-electron chi connectivity index (χ4n) is 1.63. The smallest absolute Gasteiger partial charge is 0.246 e. The number of amides is 1. The van der Waals surface area contributed by atoms with Crippen LogP contribution in [0.5, 0.6) is 0 Å². The van der Waals surface area contributed by atoms with E-state index < -0.39 is 0 Å². The zero-order chi connectivity index (χ0) is 12.1. The first-order valence-corrected chi connectivity index (χ1v) is 5.41. The second-order valence-electron chi connectivity index (χ2n) is 4.00. The summed E-state index contributed by atoms with van der Waals surface area (Å²) in [6.07, 6.45) is 1.24. The minimum atomic E-state index is 0.00229. The monoisotopic (exact) mass is 221 g/mol. The van der Waals surface area contributed by atoms with Crippen molar-refractivity contribution in [2.45, 2.75) is 26.7 Å². The van der Waals surface area contributed by atoms with E-state index in [9.17, 15) is 4.79 Å². The van der Waals surface area contributed by atoms with E-state index in [-0.39, 0.29) is 5.91 Å². The molecule has 0 aliphatic rings. The van der Waals surface area contributed by atoms with E-state index in [2.05, 4.69) is 32.0 Å². The van der Waals surface area contributed by atoms with Crippen LogP contribution in [0.25, 0.3) is 0 Å². The summed E-state index contributed by atoms with van der Waals surface area (Å²) in [5, 5.41) is 1.27. The van der Waals surface area contributed by atoms with Gasteiger partial charge in [-0.05, 0) is 31.4 Å². The van der Waals surface area contributed by atoms with Gasteiger partial charge in [0.15, 0.2) is 0 Å². The molecule has 0 saturated carbocycles. The Morgan fingerprint density at radius 3 is 2.62 bits per heavy atom. The minimum Gasteiger partial charge on any atom is -0.275 e. The molecular weight excluding hydrogens is 202 g/mol. The fourth-order valence-corrected chi connectivity index (χ4v) is 1.63. The predicted molar refractivity (Wildman–Crippen MR) is 64.0 cm³/mol. The van der Waals surface area contributed by atoms with Crippen molar-refractivity contribution in [3.63, 3.8) is 0 Å². The third-order valence-corrected chi connectivity index (χ3v) is 2.73. The Morgan fingerprint density at radius 2 is 2.06 bits per heavy atom. The fraction of sp³-hybridized carbons (Fsp3) is 0.462. The molecule has 0 fully saturated rings. The van der Waals surface area contributed by atoms with E-state index in [0.29, 0.717) is 6.42 Å². The van der Waals surface area contributed by atoms with E-state index in [1.165, 1.54) is 28.9 Å². The number of hydroxylamine groups is 2. The summed E-state index contributed by atoms with van der Waals surface area (Å²) in [7, 11) is 3.12. The number of benzene rings is 1. The zero-order valence-electron chi connectivity index (χ0n) is 10.4. The summed E-state index contributed by atoms with van der Waals surface area (Å²) in [5.41, 5.74) is 3.72. The number of hydrogen-bond acceptors (Lipinski definition) is 2. The lowest BCUT2D eigenvalue weighted by molar-refractivity contribution is -0.168. The van der Waals surface area contributed by atoms with Gasteiger partial charge in [0.1, 0.15) is 0 Å². The van der Waals surface area contributed by atoms with Crippen molar-refractivity contribution in [3.05, 3.63) is 34.9 Å². The Hall–Kier alpha value is -1.35. The van der Waals surface area contributed by atoms with Crippen LogP contribution in [0.2, 0.25) is 0 Å². The highest BCUT2D eigenvalue weighted by atomic mass is 16.7. The zero-order valence-corrected chi connectivity index (χ0v) is 10.4. The lowest BCUT2D eigenvalue weighted by Crippen LogP contribution is -2.25. The Bertz CT molecular complexity index is 374. The SMILES string of the molecule is CON(C)C(=O)CCc1ccc(C)cc1C. The first-order chi connectivity index (χ1) is 7.54. The maximum absolute atomic E-state index is 11.5. The molecule has 0 aromatic heterocycles. The third-order valence-electron chi connectivity index (χ3n) is 2.73. The van der Waals surface area contributed by atoms with Crippen molar-refractivity contribution >= 4 is 5.91 Å². The Morgan fingerprint density at radius 1 is 1.38 bits per heavy atom. The molecule has 0 atom stereocenters. The number of aryl methyl sites for hydroxylation is 3. The Balaban J connectivity index is 2.58. The first-order valence-electron chi connectivity index (χ1n) is 5.41. The van der Waals surface area contributed by atoms with E-state index in [1.54, 1.807) is 7.05 Å². The second-order valence-corrected chi connectivity index (χ2v) is 4.00. The second kappa shape index (κ2) is 5.66. The number of nitrogens with zero attached hydrogens (tertiary/aromatic N) is 1. The van der Waals surface area contributed by atoms with Crippen molar-refractivity contribution in [3.8, 4) is 0 Å². The van der Waals surface area contributed by atoms with Gasteiger partial charge in [-0.25, -0.2) is 5.06 Å². The topological polar surface area (TPSA) is 29.5 Å². The Kier molecular flexibility index (Phi) is 4.50. The predicted octanol–water partition coefficient (Wildman–Crippen LogP) is 2.26. The van der Waals surface area contributed by atoms with Crippen LogP contribution in [0.1, 0.15) is 23.1 Å². The summed E-state index contributed by atoms with van der Waals surface area (Å²) >= 11 is 0. The molecule has 0 spiro atoms. The van der Waals surface area contributed by atoms with Gasteiger partial charge < -0.3 is 0 Å². The highest BCUT2D eigenvalue weighted by Gasteiger charge is 2.08. The molecule has 0 unspecified atom stereocenters. The van der Waals surface area contributed by atoms with Gasteiger partial charge in [0.05, 0.1) is 7.11 Å². The average molecular weight is 221 g/mol. The van der Waals surface area contributed by atoms with E-state index in [0.717, 1.165) is 6.42 Å². The molecule has 0 bridgehead atoms. The van der Waals surface area contributed by atoms with Crippen molar-refractivity contribution < 1.29 is 9.63 Å². The number of rotatable bonds is 4. The maximum atomic E-state index is 11.5. The number of hydrogen-bond donors (Lipinski definition) is 0. The molecule has 0 aliphatic heterocycles. The van der Waals surface area contributed by atoms with Crippen molar-refractivity contribution in [1.29, 1.82) is 0 Å². The van der Waals surface area contributed by atoms with Gasteiger partial charge in [-0.2, -0.15) is 0 Å². The van der Waals surface area contributed by atoms with E-state index >= 15 is 0 Å². The van der Waals surface area contributed by atoms with Crippen LogP contribution in [-0.4, -0.2) is 25.1 Å². The van der Waals surface area contributed by atoms with Crippen LogP contribution in [0.4, 0.5) is 0 Å². The first kappa shape index (κ1) is 12.7. The van der Waals surface area contributed by atoms with Crippen LogP contribution in [-0.2, 0) is 16.1 Å². The van der Waals surface area contributed by atoms with Gasteiger partial charge in [0, 0.05) is 13.5 Å². The van der Waals surface area contributed by atoms with Crippen LogP contribution in [0.3, 0.4) is 0 Å². The van der Waals surface area contributed by atoms with Crippen LogP contribution >= 0.6 is 0 Å². The standard InChI is InChI=1S/C13H19NO2/c1-10-5-6-12(11(2)9-10)7-8-13(15)14(3)16-4/h5-6,9H,7-8H2,1-4H3. The van der Waals surface area contributed by atoms with Crippen molar-refractivity contribution in [2.75, 3.05) is 14.2 Å². The third kappa shape index (κ3) is 3.35. The number of carbonyl (C=O) groups excluding carboxylic acids is 1. The van der Waals surface area contributed by atoms with Crippen molar-refractivity contribution in [1.82, 2.24) is 5.06 Å². The van der Waals surface area contributed by atoms with Gasteiger partial charge in [0.2, 0.25) is 5.91 Å². The molecule has 3 nitrogen and oxygen atoms in total. The van der Waals surface area contributed by atoms with Crippen LogP contribution in [0, 0.1) is 13.8 Å². The molecule has 0 aliphatic carbocycles. The highest BCUT2D eigenvalue weighted by molar-refractivity contribution is 5.75. The molecule has 0 heterocycles. The summed E-state index contributed by atoms with van der Waals surface area (Å²) in [6.45, 7) is 4.15. The average Bonchev–Trinajstić information content (AvgIpc) is 2.26. The minimum absolute atomic E-state index is 0.00229. The van der Waals surface area contributed by atoms with Crippen LogP contribution in [0.15, 0.2) is 18.2 Å². The highest BCUT2D eigenvalue weighted by Crippen LogP contribution is 2.12. The van der Waals surface area contributed by atoms with E-state index in [4.69, 9.17) is 4.84 Å². The molecule has 16 heavy (non-hydrogen) atoms. The summed E-state index contributed by atoms with van der Waals surface area (Å²) < 4.78 is 0. The molecule has 3 heteroatoms. The van der Waals surface area contributed by atoms with E-state index in [1.807, 2.05) is 0 Å². The molecule has 88 valence electrons. The quantitative estimate of drug-likeness (QED) is 0.730. The largest absolute Gasteiger partial charge is 0.275 e. The molecule has 1 aromatic carbocycles. The lowest BCUT2D eigenvalue weighted by Gasteiger charge is -2.14. The van der Waals surface area contributed by atoms with Gasteiger partial charge in [-0.1, -0.05) is 23.8 Å². The maximum Gasteiger partial charge on any atom is 0.246 e. The molecule has 0 N–H and O–H groups in total. The lowest BCUT2D eigenvalue weighted by atomic mass is 10.0. The van der Waals surface area contributed by atoms with Gasteiger partial charge in [-0.15, -0.1) is 0 Å². The Labute approximate surface area is 97.0 Å². The molecule has 1 rings (SSSR count). The summed E-state index contributed by atoms with van der Waals surface area (Å²) in [4.78, 5) is 16.4. The molecular formula is C13H19NO2. The van der Waals surface area contributed by atoms with Gasteiger partial charge in [-0.3, -0.25) is 9.63 Å². The van der Waals surface area contributed by atoms with Gasteiger partial charge >= 0.3 is 0 Å². The molecule has 1 aromatic rings. The molecule has 0 radical (unpaired) electrons. The normalized spacial score (nSPS) is 10.2. The number of carbonyl (C=O) groups is 1. The summed E-state index contributed by atoms with van der Waals surface area (Å²) in [5.74, 6) is 0.00229. The van der Waals surface area contributed by atoms with Gasteiger partial charge in [0.25, 0.3) is 0 Å².